The Balaban J connectivity index is 1.90. The SMILES string of the molecule is CCNC(=NCCNC(=O)c1scnc1C)N(C)Cc1cc(Cl)cn1C. The van der Waals surface area contributed by atoms with Crippen LogP contribution in [0.15, 0.2) is 22.8 Å². The molecule has 2 aromatic rings. The van der Waals surface area contributed by atoms with E-state index in [1.54, 1.807) is 5.51 Å². The van der Waals surface area contributed by atoms with Crippen LogP contribution in [0.3, 0.4) is 0 Å². The molecule has 7 nitrogen and oxygen atoms in total. The minimum atomic E-state index is -0.1000. The van der Waals surface area contributed by atoms with Crippen LogP contribution in [-0.2, 0) is 13.6 Å². The Morgan fingerprint density at radius 3 is 2.81 bits per heavy atom. The van der Waals surface area contributed by atoms with E-state index in [0.717, 1.165) is 28.9 Å². The molecule has 0 saturated carbocycles. The molecule has 0 fully saturated rings. The average molecular weight is 397 g/mol. The number of amides is 1. The zero-order chi connectivity index (χ0) is 19.1. The van der Waals surface area contributed by atoms with Gasteiger partial charge in [-0.15, -0.1) is 11.3 Å². The van der Waals surface area contributed by atoms with Gasteiger partial charge in [0.2, 0.25) is 0 Å². The van der Waals surface area contributed by atoms with Crippen LogP contribution in [0.4, 0.5) is 0 Å². The Kier molecular flexibility index (Phi) is 7.47. The first-order valence-electron chi connectivity index (χ1n) is 8.40. The number of aryl methyl sites for hydroxylation is 2. The zero-order valence-electron chi connectivity index (χ0n) is 15.5. The lowest BCUT2D eigenvalue weighted by atomic mass is 10.4. The predicted molar refractivity (Wildman–Crippen MR) is 107 cm³/mol. The van der Waals surface area contributed by atoms with Gasteiger partial charge in [-0.05, 0) is 19.9 Å². The summed E-state index contributed by atoms with van der Waals surface area (Å²) in [5.41, 5.74) is 3.53. The van der Waals surface area contributed by atoms with Gasteiger partial charge in [0, 0.05) is 39.1 Å². The number of hydrogen-bond donors (Lipinski definition) is 2. The Hall–Kier alpha value is -2.06. The number of carbonyl (C=O) groups excluding carboxylic acids is 1. The number of rotatable bonds is 7. The maximum absolute atomic E-state index is 12.1. The molecule has 0 aliphatic heterocycles. The number of aliphatic imine (C=N–C) groups is 1. The molecule has 0 atom stereocenters. The number of thiazole rings is 1. The summed E-state index contributed by atoms with van der Waals surface area (Å²) >= 11 is 7.39. The number of hydrogen-bond acceptors (Lipinski definition) is 4. The zero-order valence-corrected chi connectivity index (χ0v) is 17.1. The standard InChI is InChI=1S/C17H25ClN6OS/c1-5-19-17(24(4)10-14-8-13(18)9-23(14)3)21-7-6-20-16(25)15-12(2)22-11-26-15/h8-9,11H,5-7,10H2,1-4H3,(H,19,21)(H,20,25). The van der Waals surface area contributed by atoms with Crippen LogP contribution in [-0.4, -0.2) is 53.0 Å². The highest BCUT2D eigenvalue weighted by atomic mass is 35.5. The average Bonchev–Trinajstić information content (AvgIpc) is 3.15. The first kappa shape index (κ1) is 20.3. The topological polar surface area (TPSA) is 74.5 Å². The predicted octanol–water partition coefficient (Wildman–Crippen LogP) is 2.27. The molecule has 0 spiro atoms. The minimum absolute atomic E-state index is 0.1000. The molecule has 0 radical (unpaired) electrons. The van der Waals surface area contributed by atoms with Crippen LogP contribution >= 0.6 is 22.9 Å². The van der Waals surface area contributed by atoms with Crippen molar-refractivity contribution in [1.29, 1.82) is 0 Å². The molecule has 142 valence electrons. The molecule has 1 amide bonds. The monoisotopic (exact) mass is 396 g/mol. The van der Waals surface area contributed by atoms with Crippen molar-refractivity contribution in [3.05, 3.63) is 39.1 Å². The summed E-state index contributed by atoms with van der Waals surface area (Å²) in [5.74, 6) is 0.685. The van der Waals surface area contributed by atoms with Crippen LogP contribution in [0.5, 0.6) is 0 Å². The molecule has 0 aliphatic rings. The van der Waals surface area contributed by atoms with Crippen LogP contribution in [0.2, 0.25) is 5.02 Å². The highest BCUT2D eigenvalue weighted by Gasteiger charge is 2.12. The van der Waals surface area contributed by atoms with E-state index >= 15 is 0 Å². The van der Waals surface area contributed by atoms with Crippen molar-refractivity contribution < 1.29 is 4.79 Å². The summed E-state index contributed by atoms with van der Waals surface area (Å²) in [4.78, 5) is 23.4. The lowest BCUT2D eigenvalue weighted by molar-refractivity contribution is 0.0958. The van der Waals surface area contributed by atoms with E-state index in [0.29, 0.717) is 24.5 Å². The molecule has 0 unspecified atom stereocenters. The number of carbonyl (C=O) groups is 1. The third-order valence-electron chi connectivity index (χ3n) is 3.78. The van der Waals surface area contributed by atoms with Gasteiger partial charge in [-0.1, -0.05) is 11.6 Å². The Morgan fingerprint density at radius 2 is 2.23 bits per heavy atom. The minimum Gasteiger partial charge on any atom is -0.357 e. The molecule has 0 bridgehead atoms. The Labute approximate surface area is 163 Å². The highest BCUT2D eigenvalue weighted by molar-refractivity contribution is 7.11. The van der Waals surface area contributed by atoms with Gasteiger partial charge in [0.05, 0.1) is 29.3 Å². The number of guanidine groups is 1. The summed E-state index contributed by atoms with van der Waals surface area (Å²) in [6.07, 6.45) is 1.88. The second kappa shape index (κ2) is 9.59. The molecule has 2 N–H and O–H groups in total. The first-order chi connectivity index (χ1) is 12.4. The van der Waals surface area contributed by atoms with Crippen molar-refractivity contribution in [2.24, 2.45) is 12.0 Å². The molecule has 9 heteroatoms. The molecule has 0 aliphatic carbocycles. The van der Waals surface area contributed by atoms with Gasteiger partial charge in [0.25, 0.3) is 5.91 Å². The van der Waals surface area contributed by atoms with Crippen LogP contribution in [0, 0.1) is 6.92 Å². The van der Waals surface area contributed by atoms with Gasteiger partial charge in [-0.3, -0.25) is 9.79 Å². The van der Waals surface area contributed by atoms with Gasteiger partial charge in [0.15, 0.2) is 5.96 Å². The lowest BCUT2D eigenvalue weighted by Gasteiger charge is -2.22. The van der Waals surface area contributed by atoms with E-state index in [9.17, 15) is 4.79 Å². The van der Waals surface area contributed by atoms with E-state index in [1.165, 1.54) is 11.3 Å². The third kappa shape index (κ3) is 5.47. The molecule has 2 aromatic heterocycles. The highest BCUT2D eigenvalue weighted by Crippen LogP contribution is 2.14. The Bertz CT molecular complexity index is 769. The molecule has 0 aromatic carbocycles. The molecule has 2 rings (SSSR count). The molecule has 0 saturated heterocycles. The fourth-order valence-electron chi connectivity index (χ4n) is 2.44. The fraction of sp³-hybridized carbons (Fsp3) is 0.471. The molecule has 2 heterocycles. The van der Waals surface area contributed by atoms with Gasteiger partial charge < -0.3 is 20.1 Å². The maximum Gasteiger partial charge on any atom is 0.263 e. The molecular weight excluding hydrogens is 372 g/mol. The normalized spacial score (nSPS) is 11.5. The third-order valence-corrected chi connectivity index (χ3v) is 4.91. The van der Waals surface area contributed by atoms with Crippen molar-refractivity contribution in [3.8, 4) is 0 Å². The summed E-state index contributed by atoms with van der Waals surface area (Å²) in [6, 6.07) is 1.94. The second-order valence-electron chi connectivity index (χ2n) is 5.88. The van der Waals surface area contributed by atoms with E-state index in [1.807, 2.05) is 49.7 Å². The number of nitrogens with zero attached hydrogens (tertiary/aromatic N) is 4. The van der Waals surface area contributed by atoms with Crippen molar-refractivity contribution in [2.45, 2.75) is 20.4 Å². The summed E-state index contributed by atoms with van der Waals surface area (Å²) in [7, 11) is 3.94. The largest absolute Gasteiger partial charge is 0.357 e. The lowest BCUT2D eigenvalue weighted by Crippen LogP contribution is -2.39. The van der Waals surface area contributed by atoms with Crippen LogP contribution in [0.25, 0.3) is 0 Å². The van der Waals surface area contributed by atoms with Crippen LogP contribution in [0.1, 0.15) is 28.0 Å². The summed E-state index contributed by atoms with van der Waals surface area (Å²) < 4.78 is 2.00. The van der Waals surface area contributed by atoms with E-state index in [2.05, 4.69) is 20.6 Å². The quantitative estimate of drug-likeness (QED) is 0.427. The van der Waals surface area contributed by atoms with Gasteiger partial charge in [0.1, 0.15) is 4.88 Å². The van der Waals surface area contributed by atoms with E-state index in [-0.39, 0.29) is 5.91 Å². The van der Waals surface area contributed by atoms with Gasteiger partial charge in [-0.2, -0.15) is 0 Å². The number of nitrogens with one attached hydrogen (secondary N) is 2. The van der Waals surface area contributed by atoms with Crippen molar-refractivity contribution in [1.82, 2.24) is 25.1 Å². The van der Waals surface area contributed by atoms with Crippen LogP contribution < -0.4 is 10.6 Å². The number of aromatic nitrogens is 2. The second-order valence-corrected chi connectivity index (χ2v) is 7.17. The fourth-order valence-corrected chi connectivity index (χ4v) is 3.43. The molecule has 26 heavy (non-hydrogen) atoms. The van der Waals surface area contributed by atoms with E-state index in [4.69, 9.17) is 11.6 Å². The summed E-state index contributed by atoms with van der Waals surface area (Å²) in [5, 5.41) is 6.87. The van der Waals surface area contributed by atoms with Gasteiger partial charge >= 0.3 is 0 Å². The first-order valence-corrected chi connectivity index (χ1v) is 9.66. The summed E-state index contributed by atoms with van der Waals surface area (Å²) in [6.45, 7) is 6.26. The van der Waals surface area contributed by atoms with Crippen molar-refractivity contribution in [2.75, 3.05) is 26.7 Å². The smallest absolute Gasteiger partial charge is 0.263 e. The maximum atomic E-state index is 12.1. The molecular formula is C17H25ClN6OS. The van der Waals surface area contributed by atoms with Crippen molar-refractivity contribution >= 4 is 34.8 Å². The Morgan fingerprint density at radius 1 is 1.46 bits per heavy atom. The van der Waals surface area contributed by atoms with E-state index < -0.39 is 0 Å². The van der Waals surface area contributed by atoms with Gasteiger partial charge in [-0.25, -0.2) is 4.98 Å². The van der Waals surface area contributed by atoms with Crippen molar-refractivity contribution in [3.63, 3.8) is 0 Å². The number of halogens is 1.